The van der Waals surface area contributed by atoms with Gasteiger partial charge in [0.1, 0.15) is 0 Å². The van der Waals surface area contributed by atoms with E-state index in [1.807, 2.05) is 0 Å². The fourth-order valence-electron chi connectivity index (χ4n) is 3.60. The number of pyridine rings is 2. The highest BCUT2D eigenvalue weighted by molar-refractivity contribution is 5.76. The molecule has 0 unspecified atom stereocenters. The minimum atomic E-state index is -0.428. The van der Waals surface area contributed by atoms with Gasteiger partial charge in [0.15, 0.2) is 11.5 Å². The van der Waals surface area contributed by atoms with Gasteiger partial charge in [-0.2, -0.15) is 0 Å². The normalized spacial score (nSPS) is 10.8. The van der Waals surface area contributed by atoms with Gasteiger partial charge in [0.05, 0.1) is 11.4 Å². The van der Waals surface area contributed by atoms with Crippen LogP contribution in [0.1, 0.15) is 43.5 Å². The van der Waals surface area contributed by atoms with Crippen molar-refractivity contribution in [2.75, 3.05) is 26.2 Å². The number of aryl methyl sites for hydroxylation is 2. The fourth-order valence-corrected chi connectivity index (χ4v) is 3.60. The van der Waals surface area contributed by atoms with Crippen molar-refractivity contribution in [1.29, 1.82) is 0 Å². The molecular weight excluding hydrogens is 466 g/mol. The molecule has 0 saturated carbocycles. The standard InChI is InChI=1S/C25H37N5O6/c1-18-24(35)20(31)6-14-29(18)16-8-22(33)27-12-4-3-10-26-11-5-13-28-23(34)9-17-30-15-7-21(32)25(36)19(30)2/h6-7,14-15,26,35-36H,3-5,8-13,16-17H2,1-2H3,(H,27,33)(H,28,34). The zero-order valence-electron chi connectivity index (χ0n) is 21.0. The number of hydrogen-bond donors (Lipinski definition) is 5. The van der Waals surface area contributed by atoms with Crippen LogP contribution >= 0.6 is 0 Å². The molecule has 0 saturated heterocycles. The van der Waals surface area contributed by atoms with Gasteiger partial charge in [-0.05, 0) is 46.2 Å². The van der Waals surface area contributed by atoms with E-state index in [0.29, 0.717) is 37.6 Å². The van der Waals surface area contributed by atoms with Gasteiger partial charge < -0.3 is 35.3 Å². The molecule has 0 fully saturated rings. The first kappa shape index (κ1) is 28.6. The van der Waals surface area contributed by atoms with E-state index in [9.17, 15) is 29.4 Å². The Morgan fingerprint density at radius 1 is 0.722 bits per heavy atom. The van der Waals surface area contributed by atoms with Gasteiger partial charge in [-0.1, -0.05) is 0 Å². The largest absolute Gasteiger partial charge is 0.503 e. The monoisotopic (exact) mass is 503 g/mol. The molecule has 36 heavy (non-hydrogen) atoms. The van der Waals surface area contributed by atoms with Crippen LogP contribution in [0.25, 0.3) is 0 Å². The van der Waals surface area contributed by atoms with E-state index in [-0.39, 0.29) is 36.2 Å². The van der Waals surface area contributed by atoms with Crippen LogP contribution in [0, 0.1) is 13.8 Å². The van der Waals surface area contributed by atoms with Crippen LogP contribution in [-0.4, -0.2) is 57.3 Å². The molecule has 0 aromatic carbocycles. The van der Waals surface area contributed by atoms with Crippen molar-refractivity contribution < 1.29 is 19.8 Å². The number of rotatable bonds is 15. The maximum atomic E-state index is 12.0. The maximum Gasteiger partial charge on any atom is 0.223 e. The second-order valence-corrected chi connectivity index (χ2v) is 8.63. The predicted octanol–water partition coefficient (Wildman–Crippen LogP) is 0.511. The SMILES string of the molecule is Cc1c(O)c(=O)ccn1CCC(=O)NCCCCNCCCNC(=O)CCn1ccc(=O)c(O)c1C. The van der Waals surface area contributed by atoms with Crippen molar-refractivity contribution >= 4 is 11.8 Å². The second kappa shape index (κ2) is 14.7. The number of carbonyl (C=O) groups is 2. The first-order valence-corrected chi connectivity index (χ1v) is 12.2. The van der Waals surface area contributed by atoms with E-state index in [2.05, 4.69) is 16.0 Å². The van der Waals surface area contributed by atoms with Crippen molar-refractivity contribution in [3.63, 3.8) is 0 Å². The van der Waals surface area contributed by atoms with Crippen LogP contribution in [0.4, 0.5) is 0 Å². The Labute approximate surface area is 210 Å². The Balaban J connectivity index is 1.45. The summed E-state index contributed by atoms with van der Waals surface area (Å²) in [6.07, 6.45) is 6.21. The minimum Gasteiger partial charge on any atom is -0.503 e. The van der Waals surface area contributed by atoms with Gasteiger partial charge in [0, 0.05) is 63.5 Å². The molecule has 0 atom stereocenters. The summed E-state index contributed by atoms with van der Waals surface area (Å²) in [5.41, 5.74) is 0.0377. The van der Waals surface area contributed by atoms with Gasteiger partial charge in [-0.25, -0.2) is 0 Å². The summed E-state index contributed by atoms with van der Waals surface area (Å²) in [7, 11) is 0. The number of aromatic hydroxyl groups is 2. The van der Waals surface area contributed by atoms with Gasteiger partial charge >= 0.3 is 0 Å². The average molecular weight is 504 g/mol. The number of aromatic nitrogens is 2. The van der Waals surface area contributed by atoms with E-state index in [1.54, 1.807) is 35.4 Å². The van der Waals surface area contributed by atoms with E-state index < -0.39 is 10.9 Å². The van der Waals surface area contributed by atoms with Gasteiger partial charge in [-0.3, -0.25) is 19.2 Å². The van der Waals surface area contributed by atoms with Crippen molar-refractivity contribution in [1.82, 2.24) is 25.1 Å². The molecule has 5 N–H and O–H groups in total. The molecule has 2 aromatic rings. The highest BCUT2D eigenvalue weighted by Gasteiger charge is 2.08. The van der Waals surface area contributed by atoms with Crippen LogP contribution in [0.2, 0.25) is 0 Å². The molecule has 198 valence electrons. The Morgan fingerprint density at radius 2 is 1.14 bits per heavy atom. The summed E-state index contributed by atoms with van der Waals surface area (Å²) >= 11 is 0. The minimum absolute atomic E-state index is 0.0796. The summed E-state index contributed by atoms with van der Waals surface area (Å²) in [6.45, 7) is 6.78. The van der Waals surface area contributed by atoms with Crippen molar-refractivity contribution in [2.45, 2.75) is 59.0 Å². The molecule has 11 nitrogen and oxygen atoms in total. The lowest BCUT2D eigenvalue weighted by Gasteiger charge is -2.12. The van der Waals surface area contributed by atoms with Crippen LogP contribution in [-0.2, 0) is 22.7 Å². The van der Waals surface area contributed by atoms with Crippen molar-refractivity contribution in [3.8, 4) is 11.5 Å². The van der Waals surface area contributed by atoms with E-state index >= 15 is 0 Å². The topological polar surface area (TPSA) is 155 Å². The molecule has 0 radical (unpaired) electrons. The molecule has 0 bridgehead atoms. The van der Waals surface area contributed by atoms with Gasteiger partial charge in [-0.15, -0.1) is 0 Å². The molecule has 0 aliphatic carbocycles. The van der Waals surface area contributed by atoms with Gasteiger partial charge in [0.2, 0.25) is 22.7 Å². The lowest BCUT2D eigenvalue weighted by molar-refractivity contribution is -0.122. The number of nitrogens with zero attached hydrogens (tertiary/aromatic N) is 2. The van der Waals surface area contributed by atoms with Crippen molar-refractivity contribution in [2.24, 2.45) is 0 Å². The molecule has 2 rings (SSSR count). The lowest BCUT2D eigenvalue weighted by Crippen LogP contribution is -2.29. The zero-order chi connectivity index (χ0) is 26.5. The van der Waals surface area contributed by atoms with Gasteiger partial charge in [0.25, 0.3) is 0 Å². The first-order valence-electron chi connectivity index (χ1n) is 12.2. The molecule has 2 heterocycles. The third kappa shape index (κ3) is 9.21. The Morgan fingerprint density at radius 3 is 1.64 bits per heavy atom. The van der Waals surface area contributed by atoms with E-state index in [0.717, 1.165) is 32.4 Å². The molecular formula is C25H37N5O6. The summed E-state index contributed by atoms with van der Waals surface area (Å²) in [4.78, 5) is 46.7. The average Bonchev–Trinajstić information content (AvgIpc) is 2.86. The zero-order valence-corrected chi connectivity index (χ0v) is 21.0. The number of unbranched alkanes of at least 4 members (excludes halogenated alkanes) is 1. The third-order valence-electron chi connectivity index (χ3n) is 5.94. The van der Waals surface area contributed by atoms with E-state index in [1.165, 1.54) is 12.1 Å². The van der Waals surface area contributed by atoms with Crippen LogP contribution in [0.3, 0.4) is 0 Å². The molecule has 0 aliphatic heterocycles. The van der Waals surface area contributed by atoms with E-state index in [4.69, 9.17) is 0 Å². The lowest BCUT2D eigenvalue weighted by atomic mass is 10.2. The molecule has 0 aliphatic rings. The van der Waals surface area contributed by atoms with Crippen LogP contribution in [0.15, 0.2) is 34.1 Å². The highest BCUT2D eigenvalue weighted by Crippen LogP contribution is 2.10. The smallest absolute Gasteiger partial charge is 0.223 e. The maximum absolute atomic E-state index is 12.0. The third-order valence-corrected chi connectivity index (χ3v) is 5.94. The number of amides is 2. The molecule has 2 amide bonds. The quantitative estimate of drug-likeness (QED) is 0.222. The summed E-state index contributed by atoms with van der Waals surface area (Å²) < 4.78 is 3.36. The molecule has 11 heteroatoms. The summed E-state index contributed by atoms with van der Waals surface area (Å²) in [5, 5.41) is 28.4. The Kier molecular flexibility index (Phi) is 11.7. The summed E-state index contributed by atoms with van der Waals surface area (Å²) in [6, 6.07) is 2.57. The van der Waals surface area contributed by atoms with Crippen LogP contribution < -0.4 is 26.8 Å². The van der Waals surface area contributed by atoms with Crippen LogP contribution in [0.5, 0.6) is 11.5 Å². The Bertz CT molecular complexity index is 1050. The fraction of sp³-hybridized carbons (Fsp3) is 0.520. The summed E-state index contributed by atoms with van der Waals surface area (Å²) in [5.74, 6) is -0.737. The first-order chi connectivity index (χ1) is 17.2. The number of carbonyl (C=O) groups excluding carboxylic acids is 2. The Hall–Kier alpha value is -3.60. The molecule has 0 spiro atoms. The highest BCUT2D eigenvalue weighted by atomic mass is 16.3. The number of nitrogens with one attached hydrogen (secondary N) is 3. The second-order valence-electron chi connectivity index (χ2n) is 8.63. The van der Waals surface area contributed by atoms with Crippen molar-refractivity contribution in [3.05, 3.63) is 56.4 Å². The molecule has 2 aromatic heterocycles. The number of hydrogen-bond acceptors (Lipinski definition) is 7. The predicted molar refractivity (Wildman–Crippen MR) is 136 cm³/mol.